The third kappa shape index (κ3) is 6.82. The van der Waals surface area contributed by atoms with Gasteiger partial charge in [0.05, 0.1) is 0 Å². The summed E-state index contributed by atoms with van der Waals surface area (Å²) in [6, 6.07) is 0. The number of allylic oxidation sites excluding steroid dienone is 4. The van der Waals surface area contributed by atoms with Crippen LogP contribution in [0, 0.1) is 0 Å². The molecule has 1 rings (SSSR count). The predicted molar refractivity (Wildman–Crippen MR) is 21.8 cm³/mol. The summed E-state index contributed by atoms with van der Waals surface area (Å²) in [7, 11) is 0. The molecule has 1 aliphatic rings. The van der Waals surface area contributed by atoms with Crippen molar-refractivity contribution in [2.45, 2.75) is 6.42 Å². The van der Waals surface area contributed by atoms with E-state index in [2.05, 4.69) is 35.7 Å². The second kappa shape index (κ2) is 8.93. The molecule has 0 fully saturated rings. The van der Waals surface area contributed by atoms with Gasteiger partial charge in [0.25, 0.3) is 0 Å². The van der Waals surface area contributed by atoms with Gasteiger partial charge in [-0.2, -0.15) is 0 Å². The molecule has 0 aromatic rings. The molecule has 0 saturated heterocycles. The van der Waals surface area contributed by atoms with Gasteiger partial charge in [-0.05, 0) is 0 Å². The molecule has 51 valence electrons. The molecule has 4 heteroatoms. The van der Waals surface area contributed by atoms with Gasteiger partial charge in [0.1, 0.15) is 0 Å². The predicted octanol–water partition coefficient (Wildman–Crippen LogP) is -7.61. The third-order valence-corrected chi connectivity index (χ3v) is 1.27. The van der Waals surface area contributed by atoms with Crippen molar-refractivity contribution >= 4 is 0 Å². The second-order valence-corrected chi connectivity index (χ2v) is 2.19. The Morgan fingerprint density at radius 2 is 1.78 bits per heavy atom. The van der Waals surface area contributed by atoms with Crippen LogP contribution in [0.4, 0.5) is 0 Å². The summed E-state index contributed by atoms with van der Waals surface area (Å²) in [5.41, 5.74) is 0. The number of hydrogen-bond donors (Lipinski definition) is 0. The summed E-state index contributed by atoms with van der Waals surface area (Å²) in [6.07, 6.45) is 7.47. The summed E-state index contributed by atoms with van der Waals surface area (Å²) in [5, 5.41) is 0. The fourth-order valence-corrected chi connectivity index (χ4v) is 0.735. The molecule has 0 unspecified atom stereocenters. The van der Waals surface area contributed by atoms with E-state index >= 15 is 0 Å². The molecule has 0 heterocycles. The van der Waals surface area contributed by atoms with Crippen molar-refractivity contribution in [2.75, 3.05) is 0 Å². The van der Waals surface area contributed by atoms with Crippen LogP contribution in [0.3, 0.4) is 0 Å². The van der Waals surface area contributed by atoms with E-state index in [4.69, 9.17) is 0 Å². The Hall–Kier alpha value is 0.934. The molecule has 0 N–H and O–H groups in total. The van der Waals surface area contributed by atoms with Gasteiger partial charge in [0.15, 0.2) is 0 Å². The first-order chi connectivity index (χ1) is 2.89. The molecule has 0 spiro atoms. The zero-order chi connectivity index (χ0) is 4.41. The van der Waals surface area contributed by atoms with Crippen molar-refractivity contribution in [1.29, 1.82) is 0 Å². The first-order valence-corrected chi connectivity index (χ1v) is 2.64. The first kappa shape index (κ1) is 16.5. The van der Waals surface area contributed by atoms with E-state index in [1.165, 1.54) is 4.28 Å². The standard InChI is InChI=1S/C5H5.3ClH.V/c1-2-4-5-3-1;;;;/h1-3H,4H2;3*1H;/q;;;;+3/p-3. The van der Waals surface area contributed by atoms with Crippen molar-refractivity contribution in [3.8, 4) is 0 Å². The number of halogens is 3. The fourth-order valence-electron chi connectivity index (χ4n) is 0.436. The zero-order valence-corrected chi connectivity index (χ0v) is 8.18. The fraction of sp³-hybridized carbons (Fsp3) is 0.200. The Bertz CT molecular complexity index is 109. The van der Waals surface area contributed by atoms with E-state index in [-0.39, 0.29) is 37.2 Å². The molecule has 0 saturated carbocycles. The molecule has 1 aliphatic carbocycles. The molecule has 0 aromatic carbocycles. The molecule has 0 amide bonds. The van der Waals surface area contributed by atoms with Gasteiger partial charge < -0.3 is 37.2 Å². The van der Waals surface area contributed by atoms with Gasteiger partial charge in [-0.15, -0.1) is 0 Å². The molecule has 0 radical (unpaired) electrons. The van der Waals surface area contributed by atoms with Crippen molar-refractivity contribution in [3.63, 3.8) is 0 Å². The number of rotatable bonds is 0. The summed E-state index contributed by atoms with van der Waals surface area (Å²) in [4.78, 5) is 0. The summed E-state index contributed by atoms with van der Waals surface area (Å²) < 4.78 is 1.41. The van der Waals surface area contributed by atoms with Crippen molar-refractivity contribution in [3.05, 3.63) is 22.5 Å². The molecule has 0 nitrogen and oxygen atoms in total. The molecule has 0 bridgehead atoms. The van der Waals surface area contributed by atoms with Crippen LogP contribution in [0.5, 0.6) is 0 Å². The minimum atomic E-state index is 0. The Balaban J connectivity index is -0.000000120. The average molecular weight is 222 g/mol. The zero-order valence-electron chi connectivity index (χ0n) is 4.52. The van der Waals surface area contributed by atoms with Gasteiger partial charge in [0, 0.05) is 0 Å². The molecule has 0 atom stereocenters. The normalized spacial score (nSPS) is 12.4. The van der Waals surface area contributed by atoms with Crippen LogP contribution in [-0.2, 0) is 17.4 Å². The second-order valence-electron chi connectivity index (χ2n) is 1.29. The van der Waals surface area contributed by atoms with Crippen LogP contribution in [0.2, 0.25) is 0 Å². The maximum atomic E-state index is 2.54. The van der Waals surface area contributed by atoms with Crippen molar-refractivity contribution in [1.82, 2.24) is 0 Å². The Kier molecular flexibility index (Phi) is 16.4. The van der Waals surface area contributed by atoms with E-state index in [0.29, 0.717) is 0 Å². The molecule has 0 aromatic heterocycles. The van der Waals surface area contributed by atoms with Gasteiger partial charge >= 0.3 is 46.4 Å². The molecule has 9 heavy (non-hydrogen) atoms. The van der Waals surface area contributed by atoms with Crippen molar-refractivity contribution in [2.24, 2.45) is 0 Å². The average Bonchev–Trinajstić information content (AvgIpc) is 1.86. The van der Waals surface area contributed by atoms with E-state index in [1.54, 1.807) is 0 Å². The van der Waals surface area contributed by atoms with E-state index in [1.807, 2.05) is 0 Å². The van der Waals surface area contributed by atoms with E-state index in [0.717, 1.165) is 6.42 Å². The van der Waals surface area contributed by atoms with Gasteiger partial charge in [0.2, 0.25) is 0 Å². The van der Waals surface area contributed by atoms with E-state index in [9.17, 15) is 0 Å². The van der Waals surface area contributed by atoms with Crippen LogP contribution < -0.4 is 37.2 Å². The summed E-state index contributed by atoms with van der Waals surface area (Å²) >= 11 is 2.54. The Labute approximate surface area is 83.4 Å². The topological polar surface area (TPSA) is 0 Å². The van der Waals surface area contributed by atoms with Gasteiger partial charge in [-0.25, -0.2) is 0 Å². The summed E-state index contributed by atoms with van der Waals surface area (Å²) in [6.45, 7) is 0. The third-order valence-electron chi connectivity index (χ3n) is 0.752. The minimum absolute atomic E-state index is 0. The maximum absolute atomic E-state index is 2.54. The van der Waals surface area contributed by atoms with Crippen LogP contribution >= 0.6 is 0 Å². The van der Waals surface area contributed by atoms with Gasteiger partial charge in [-0.3, -0.25) is 0 Å². The SMILES string of the molecule is [Cl-].[Cl-].[Cl-].[V+3][C]1=CC=CC1. The van der Waals surface area contributed by atoms with Gasteiger partial charge in [-0.1, -0.05) is 0 Å². The van der Waals surface area contributed by atoms with Crippen LogP contribution in [0.25, 0.3) is 0 Å². The van der Waals surface area contributed by atoms with Crippen LogP contribution in [-0.4, -0.2) is 0 Å². The Morgan fingerprint density at radius 1 is 1.22 bits per heavy atom. The first-order valence-electron chi connectivity index (χ1n) is 1.94. The quantitative estimate of drug-likeness (QED) is 0.382. The van der Waals surface area contributed by atoms with Crippen molar-refractivity contribution < 1.29 is 54.6 Å². The molecular weight excluding hydrogens is 217 g/mol. The van der Waals surface area contributed by atoms with E-state index < -0.39 is 0 Å². The van der Waals surface area contributed by atoms with Crippen LogP contribution in [0.1, 0.15) is 6.42 Å². The molecule has 0 aliphatic heterocycles. The Morgan fingerprint density at radius 3 is 1.89 bits per heavy atom. The van der Waals surface area contributed by atoms with Crippen LogP contribution in [0.15, 0.2) is 22.5 Å². The molecular formula is C5H5Cl3V. The summed E-state index contributed by atoms with van der Waals surface area (Å²) in [5.74, 6) is 0. The monoisotopic (exact) mass is 221 g/mol. The number of hydrogen-bond acceptors (Lipinski definition) is 0.